The maximum absolute atomic E-state index is 11.2. The summed E-state index contributed by atoms with van der Waals surface area (Å²) in [6.07, 6.45) is 0. The molecule has 0 aliphatic rings. The van der Waals surface area contributed by atoms with E-state index >= 15 is 0 Å². The van der Waals surface area contributed by atoms with E-state index in [9.17, 15) is 4.79 Å². The summed E-state index contributed by atoms with van der Waals surface area (Å²) in [5.41, 5.74) is 2.58. The Hall–Kier alpha value is -1.08. The van der Waals surface area contributed by atoms with E-state index in [1.165, 1.54) is 0 Å². The number of ketones is 1. The van der Waals surface area contributed by atoms with E-state index < -0.39 is 0 Å². The summed E-state index contributed by atoms with van der Waals surface area (Å²) in [5, 5.41) is 0. The van der Waals surface area contributed by atoms with Crippen LogP contribution >= 0.6 is 11.6 Å². The fourth-order valence-electron chi connectivity index (χ4n) is 1.04. The second-order valence-corrected chi connectivity index (χ2v) is 3.19. The molecule has 0 bridgehead atoms. The van der Waals surface area contributed by atoms with Crippen LogP contribution in [-0.4, -0.2) is 11.7 Å². The van der Waals surface area contributed by atoms with Crippen LogP contribution < -0.4 is 0 Å². The number of allylic oxidation sites excluding steroid dienone is 1. The molecule has 68 valence electrons. The predicted molar refractivity (Wildman–Crippen MR) is 56.2 cm³/mol. The normalized spacial score (nSPS) is 9.69. The zero-order valence-corrected chi connectivity index (χ0v) is 8.27. The SMILES string of the molecule is C=C(C)c1cccc(C(=O)CCl)c1. The number of halogens is 1. The van der Waals surface area contributed by atoms with E-state index in [0.29, 0.717) is 5.56 Å². The zero-order valence-electron chi connectivity index (χ0n) is 7.51. The van der Waals surface area contributed by atoms with Crippen molar-refractivity contribution in [3.05, 3.63) is 42.0 Å². The standard InChI is InChI=1S/C11H11ClO/c1-8(2)9-4-3-5-10(6-9)11(13)7-12/h3-6H,1,7H2,2H3. The lowest BCUT2D eigenvalue weighted by Crippen LogP contribution is -2.00. The quantitative estimate of drug-likeness (QED) is 0.534. The van der Waals surface area contributed by atoms with Crippen molar-refractivity contribution in [1.82, 2.24) is 0 Å². The van der Waals surface area contributed by atoms with Crippen LogP contribution in [0.3, 0.4) is 0 Å². The van der Waals surface area contributed by atoms with Gasteiger partial charge in [-0.3, -0.25) is 4.79 Å². The van der Waals surface area contributed by atoms with Crippen molar-refractivity contribution in [2.75, 3.05) is 5.88 Å². The predicted octanol–water partition coefficient (Wildman–Crippen LogP) is 3.14. The summed E-state index contributed by atoms with van der Waals surface area (Å²) >= 11 is 5.45. The van der Waals surface area contributed by atoms with E-state index in [-0.39, 0.29) is 11.7 Å². The lowest BCUT2D eigenvalue weighted by molar-refractivity contribution is 0.102. The zero-order chi connectivity index (χ0) is 9.84. The molecular formula is C11H11ClO. The number of benzene rings is 1. The van der Waals surface area contributed by atoms with Crippen LogP contribution in [0.2, 0.25) is 0 Å². The summed E-state index contributed by atoms with van der Waals surface area (Å²) in [5.74, 6) is -0.0237. The molecule has 0 aliphatic carbocycles. The second kappa shape index (κ2) is 4.24. The number of alkyl halides is 1. The van der Waals surface area contributed by atoms with Gasteiger partial charge in [0.15, 0.2) is 5.78 Å². The molecule has 0 N–H and O–H groups in total. The summed E-state index contributed by atoms with van der Waals surface area (Å²) in [4.78, 5) is 11.2. The minimum atomic E-state index is -0.0511. The first kappa shape index (κ1) is 10.0. The molecule has 0 fully saturated rings. The van der Waals surface area contributed by atoms with Crippen LogP contribution in [0.15, 0.2) is 30.8 Å². The number of hydrogen-bond acceptors (Lipinski definition) is 1. The van der Waals surface area contributed by atoms with Crippen molar-refractivity contribution in [2.45, 2.75) is 6.92 Å². The maximum atomic E-state index is 11.2. The third-order valence-corrected chi connectivity index (χ3v) is 2.04. The molecule has 0 spiro atoms. The minimum Gasteiger partial charge on any atom is -0.293 e. The molecule has 2 heteroatoms. The van der Waals surface area contributed by atoms with Crippen molar-refractivity contribution < 1.29 is 4.79 Å². The number of rotatable bonds is 3. The van der Waals surface area contributed by atoms with E-state index in [1.54, 1.807) is 6.07 Å². The van der Waals surface area contributed by atoms with Gasteiger partial charge in [0.25, 0.3) is 0 Å². The van der Waals surface area contributed by atoms with Gasteiger partial charge in [0.1, 0.15) is 0 Å². The summed E-state index contributed by atoms with van der Waals surface area (Å²) in [7, 11) is 0. The van der Waals surface area contributed by atoms with Gasteiger partial charge in [-0.05, 0) is 18.6 Å². The highest BCUT2D eigenvalue weighted by atomic mass is 35.5. The Balaban J connectivity index is 3.05. The van der Waals surface area contributed by atoms with Crippen LogP contribution in [0.25, 0.3) is 5.57 Å². The Bertz CT molecular complexity index is 342. The highest BCUT2D eigenvalue weighted by Crippen LogP contribution is 2.13. The Morgan fingerprint density at radius 2 is 2.08 bits per heavy atom. The molecule has 1 rings (SSSR count). The highest BCUT2D eigenvalue weighted by Gasteiger charge is 2.04. The molecule has 1 nitrogen and oxygen atoms in total. The molecule has 0 saturated carbocycles. The summed E-state index contributed by atoms with van der Waals surface area (Å²) < 4.78 is 0. The van der Waals surface area contributed by atoms with Crippen LogP contribution in [0, 0.1) is 0 Å². The van der Waals surface area contributed by atoms with E-state index in [2.05, 4.69) is 6.58 Å². The Morgan fingerprint density at radius 3 is 2.62 bits per heavy atom. The molecule has 0 unspecified atom stereocenters. The fraction of sp³-hybridized carbons (Fsp3) is 0.182. The van der Waals surface area contributed by atoms with Gasteiger partial charge in [-0.15, -0.1) is 11.6 Å². The Labute approximate surface area is 83.0 Å². The lowest BCUT2D eigenvalue weighted by Gasteiger charge is -2.01. The van der Waals surface area contributed by atoms with Gasteiger partial charge >= 0.3 is 0 Å². The van der Waals surface area contributed by atoms with Crippen LogP contribution in [0.5, 0.6) is 0 Å². The molecule has 0 aromatic heterocycles. The Morgan fingerprint density at radius 1 is 1.46 bits per heavy atom. The molecule has 0 radical (unpaired) electrons. The van der Waals surface area contributed by atoms with Gasteiger partial charge < -0.3 is 0 Å². The molecule has 0 aliphatic heterocycles. The monoisotopic (exact) mass is 194 g/mol. The first-order chi connectivity index (χ1) is 6.15. The molecule has 1 aromatic rings. The van der Waals surface area contributed by atoms with Gasteiger partial charge in [0.2, 0.25) is 0 Å². The number of carbonyl (C=O) groups excluding carboxylic acids is 1. The van der Waals surface area contributed by atoms with Crippen molar-refractivity contribution in [1.29, 1.82) is 0 Å². The van der Waals surface area contributed by atoms with Crippen molar-refractivity contribution in [3.63, 3.8) is 0 Å². The fourth-order valence-corrected chi connectivity index (χ4v) is 1.19. The summed E-state index contributed by atoms with van der Waals surface area (Å²) in [6, 6.07) is 7.33. The van der Waals surface area contributed by atoms with E-state index in [4.69, 9.17) is 11.6 Å². The van der Waals surface area contributed by atoms with Gasteiger partial charge in [-0.25, -0.2) is 0 Å². The van der Waals surface area contributed by atoms with Crippen LogP contribution in [0.1, 0.15) is 22.8 Å². The van der Waals surface area contributed by atoms with Gasteiger partial charge in [-0.2, -0.15) is 0 Å². The van der Waals surface area contributed by atoms with Gasteiger partial charge in [0.05, 0.1) is 5.88 Å². The molecular weight excluding hydrogens is 184 g/mol. The van der Waals surface area contributed by atoms with Crippen molar-refractivity contribution >= 4 is 23.0 Å². The third-order valence-electron chi connectivity index (χ3n) is 1.80. The van der Waals surface area contributed by atoms with Crippen LogP contribution in [-0.2, 0) is 0 Å². The first-order valence-corrected chi connectivity index (χ1v) is 4.53. The average molecular weight is 195 g/mol. The number of hydrogen-bond donors (Lipinski definition) is 0. The maximum Gasteiger partial charge on any atom is 0.177 e. The first-order valence-electron chi connectivity index (χ1n) is 4.00. The molecule has 0 heterocycles. The van der Waals surface area contributed by atoms with E-state index in [1.807, 2.05) is 25.1 Å². The van der Waals surface area contributed by atoms with Crippen molar-refractivity contribution in [2.24, 2.45) is 0 Å². The smallest absolute Gasteiger partial charge is 0.177 e. The Kier molecular flexibility index (Phi) is 3.26. The highest BCUT2D eigenvalue weighted by molar-refractivity contribution is 6.30. The van der Waals surface area contributed by atoms with Crippen molar-refractivity contribution in [3.8, 4) is 0 Å². The number of carbonyl (C=O) groups is 1. The molecule has 13 heavy (non-hydrogen) atoms. The third kappa shape index (κ3) is 2.43. The van der Waals surface area contributed by atoms with E-state index in [0.717, 1.165) is 11.1 Å². The average Bonchev–Trinajstić information content (AvgIpc) is 2.17. The second-order valence-electron chi connectivity index (χ2n) is 2.92. The molecule has 0 atom stereocenters. The largest absolute Gasteiger partial charge is 0.293 e. The topological polar surface area (TPSA) is 17.1 Å². The minimum absolute atomic E-state index is 0.0274. The number of Topliss-reactive ketones (excluding diaryl/α,β-unsaturated/α-hetero) is 1. The molecule has 1 aromatic carbocycles. The van der Waals surface area contributed by atoms with Gasteiger partial charge in [-0.1, -0.05) is 30.4 Å². The molecule has 0 amide bonds. The summed E-state index contributed by atoms with van der Waals surface area (Å²) in [6.45, 7) is 5.71. The lowest BCUT2D eigenvalue weighted by atomic mass is 10.0. The molecule has 0 saturated heterocycles. The van der Waals surface area contributed by atoms with Crippen LogP contribution in [0.4, 0.5) is 0 Å². The van der Waals surface area contributed by atoms with Gasteiger partial charge in [0, 0.05) is 5.56 Å².